The van der Waals surface area contributed by atoms with Gasteiger partial charge in [0.2, 0.25) is 0 Å². The first-order valence-electron chi connectivity index (χ1n) is 11.2. The van der Waals surface area contributed by atoms with Crippen molar-refractivity contribution >= 4 is 23.1 Å². The lowest BCUT2D eigenvalue weighted by Crippen LogP contribution is -2.45. The number of amides is 1. The summed E-state index contributed by atoms with van der Waals surface area (Å²) < 4.78 is 7.20. The molecular formula is C22H34N6O2S. The fourth-order valence-corrected chi connectivity index (χ4v) is 4.37. The van der Waals surface area contributed by atoms with Gasteiger partial charge >= 0.3 is 0 Å². The van der Waals surface area contributed by atoms with Crippen molar-refractivity contribution in [3.63, 3.8) is 0 Å². The average Bonchev–Trinajstić information content (AvgIpc) is 3.52. The minimum atomic E-state index is 0.0312. The summed E-state index contributed by atoms with van der Waals surface area (Å²) in [6.07, 6.45) is 8.51. The number of rotatable bonds is 6. The van der Waals surface area contributed by atoms with Gasteiger partial charge in [0.15, 0.2) is 0 Å². The average molecular weight is 447 g/mol. The third-order valence-electron chi connectivity index (χ3n) is 5.29. The number of thiazole rings is 1. The molecule has 8 nitrogen and oxygen atoms in total. The molecule has 0 unspecified atom stereocenters. The van der Waals surface area contributed by atoms with Gasteiger partial charge in [0.1, 0.15) is 10.8 Å². The third-order valence-corrected chi connectivity index (χ3v) is 6.05. The van der Waals surface area contributed by atoms with Crippen molar-refractivity contribution in [2.45, 2.75) is 33.7 Å². The fraction of sp³-hybridized carbons (Fsp3) is 0.591. The summed E-state index contributed by atoms with van der Waals surface area (Å²) in [7, 11) is 0. The lowest BCUT2D eigenvalue weighted by Gasteiger charge is -2.36. The van der Waals surface area contributed by atoms with Gasteiger partial charge in [0, 0.05) is 57.0 Å². The number of allylic oxidation sites excluding steroid dienone is 1. The van der Waals surface area contributed by atoms with Crippen LogP contribution in [-0.4, -0.2) is 87.9 Å². The molecule has 0 N–H and O–H groups in total. The summed E-state index contributed by atoms with van der Waals surface area (Å²) in [5.41, 5.74) is 0.635. The van der Waals surface area contributed by atoms with Gasteiger partial charge in [-0.25, -0.2) is 9.67 Å². The van der Waals surface area contributed by atoms with Crippen LogP contribution >= 0.6 is 11.3 Å². The molecule has 2 saturated heterocycles. The van der Waals surface area contributed by atoms with Gasteiger partial charge < -0.3 is 14.5 Å². The van der Waals surface area contributed by atoms with Crippen LogP contribution in [0.15, 0.2) is 30.0 Å². The van der Waals surface area contributed by atoms with E-state index in [2.05, 4.69) is 32.9 Å². The SMILES string of the molecule is CC.CC/C=C(\N1CCN(Cc2nccs2)CC1)n1cc(C(=O)N2CCOCC2)cn1. The maximum atomic E-state index is 12.7. The standard InChI is InChI=1S/C20H28N6O2S.C2H6/c1-2-3-19(24-7-5-23(6-8-24)16-18-21-4-13-29-18)26-15-17(14-22-26)20(27)25-9-11-28-12-10-25;1-2/h3-4,13-15H,2,5-12,16H2,1H3;1-2H3/b19-3+;. The Morgan fingerprint density at radius 1 is 1.13 bits per heavy atom. The molecule has 0 aliphatic carbocycles. The molecule has 9 heteroatoms. The second-order valence-electron chi connectivity index (χ2n) is 7.24. The van der Waals surface area contributed by atoms with Crippen LogP contribution in [0.2, 0.25) is 0 Å². The van der Waals surface area contributed by atoms with Crippen molar-refractivity contribution in [2.75, 3.05) is 52.5 Å². The van der Waals surface area contributed by atoms with Crippen LogP contribution in [0.3, 0.4) is 0 Å². The highest BCUT2D eigenvalue weighted by Crippen LogP contribution is 2.18. The molecule has 31 heavy (non-hydrogen) atoms. The van der Waals surface area contributed by atoms with Gasteiger partial charge in [-0.3, -0.25) is 9.69 Å². The zero-order valence-electron chi connectivity index (χ0n) is 18.9. The Labute approximate surface area is 189 Å². The lowest BCUT2D eigenvalue weighted by atomic mass is 10.3. The van der Waals surface area contributed by atoms with Crippen LogP contribution in [0.4, 0.5) is 0 Å². The molecule has 2 aliphatic rings. The number of hydrogen-bond donors (Lipinski definition) is 0. The summed E-state index contributed by atoms with van der Waals surface area (Å²) in [6, 6.07) is 0. The second kappa shape index (κ2) is 12.0. The number of ether oxygens (including phenoxy) is 1. The fourth-order valence-electron chi connectivity index (χ4n) is 3.72. The van der Waals surface area contributed by atoms with E-state index in [1.807, 2.05) is 41.2 Å². The van der Waals surface area contributed by atoms with E-state index >= 15 is 0 Å². The summed E-state index contributed by atoms with van der Waals surface area (Å²) in [6.45, 7) is 13.4. The zero-order valence-corrected chi connectivity index (χ0v) is 19.7. The molecule has 0 saturated carbocycles. The Bertz CT molecular complexity index is 821. The summed E-state index contributed by atoms with van der Waals surface area (Å²) >= 11 is 1.71. The highest BCUT2D eigenvalue weighted by atomic mass is 32.1. The number of morpholine rings is 1. The number of piperazine rings is 1. The van der Waals surface area contributed by atoms with E-state index in [0.29, 0.717) is 31.9 Å². The summed E-state index contributed by atoms with van der Waals surface area (Å²) in [4.78, 5) is 23.8. The minimum Gasteiger partial charge on any atom is -0.378 e. The molecule has 170 valence electrons. The molecule has 2 aromatic rings. The number of hydrogen-bond acceptors (Lipinski definition) is 7. The number of aromatic nitrogens is 3. The van der Waals surface area contributed by atoms with Crippen LogP contribution in [0.1, 0.15) is 42.6 Å². The highest BCUT2D eigenvalue weighted by Gasteiger charge is 2.23. The van der Waals surface area contributed by atoms with Gasteiger partial charge in [-0.15, -0.1) is 11.3 Å². The van der Waals surface area contributed by atoms with Gasteiger partial charge in [-0.2, -0.15) is 5.10 Å². The van der Waals surface area contributed by atoms with Crippen LogP contribution in [0, 0.1) is 0 Å². The molecule has 2 fully saturated rings. The van der Waals surface area contributed by atoms with Gasteiger partial charge in [-0.05, 0) is 12.5 Å². The van der Waals surface area contributed by atoms with E-state index in [4.69, 9.17) is 4.74 Å². The first-order chi connectivity index (χ1) is 15.2. The number of carbonyl (C=O) groups excluding carboxylic acids is 1. The number of nitrogens with zero attached hydrogens (tertiary/aromatic N) is 6. The predicted octanol–water partition coefficient (Wildman–Crippen LogP) is 2.86. The lowest BCUT2D eigenvalue weighted by molar-refractivity contribution is 0.0303. The van der Waals surface area contributed by atoms with Crippen LogP contribution in [-0.2, 0) is 11.3 Å². The Balaban J connectivity index is 0.00000132. The van der Waals surface area contributed by atoms with E-state index in [0.717, 1.165) is 45.0 Å². The molecule has 1 amide bonds. The first kappa shape index (κ1) is 23.4. The van der Waals surface area contributed by atoms with Crippen molar-refractivity contribution in [3.05, 3.63) is 40.6 Å². The van der Waals surface area contributed by atoms with E-state index < -0.39 is 0 Å². The smallest absolute Gasteiger partial charge is 0.257 e. The maximum absolute atomic E-state index is 12.7. The zero-order chi connectivity index (χ0) is 22.1. The Hall–Kier alpha value is -2.23. The van der Waals surface area contributed by atoms with Crippen LogP contribution in [0.25, 0.3) is 5.82 Å². The van der Waals surface area contributed by atoms with Crippen LogP contribution < -0.4 is 0 Å². The largest absolute Gasteiger partial charge is 0.378 e. The molecule has 0 atom stereocenters. The molecule has 0 bridgehead atoms. The molecule has 0 radical (unpaired) electrons. The monoisotopic (exact) mass is 446 g/mol. The van der Waals surface area contributed by atoms with E-state index in [9.17, 15) is 4.79 Å². The molecule has 4 rings (SSSR count). The Kier molecular flexibility index (Phi) is 9.05. The molecule has 0 aromatic carbocycles. The van der Waals surface area contributed by atoms with Crippen LogP contribution in [0.5, 0.6) is 0 Å². The topological polar surface area (TPSA) is 66.7 Å². The molecule has 2 aliphatic heterocycles. The predicted molar refractivity (Wildman–Crippen MR) is 124 cm³/mol. The Morgan fingerprint density at radius 2 is 1.87 bits per heavy atom. The third kappa shape index (κ3) is 6.15. The maximum Gasteiger partial charge on any atom is 0.257 e. The van der Waals surface area contributed by atoms with E-state index in [-0.39, 0.29) is 5.91 Å². The number of carbonyl (C=O) groups is 1. The highest BCUT2D eigenvalue weighted by molar-refractivity contribution is 7.09. The van der Waals surface area contributed by atoms with Gasteiger partial charge in [0.05, 0.1) is 31.5 Å². The van der Waals surface area contributed by atoms with E-state index in [1.165, 1.54) is 5.01 Å². The minimum absolute atomic E-state index is 0.0312. The van der Waals surface area contributed by atoms with E-state index in [1.54, 1.807) is 17.5 Å². The molecule has 0 spiro atoms. The quantitative estimate of drug-likeness (QED) is 0.680. The van der Waals surface area contributed by atoms with Crippen molar-refractivity contribution in [2.24, 2.45) is 0 Å². The molecule has 4 heterocycles. The second-order valence-corrected chi connectivity index (χ2v) is 8.22. The summed E-state index contributed by atoms with van der Waals surface area (Å²) in [5.74, 6) is 1.09. The molecule has 2 aromatic heterocycles. The van der Waals surface area contributed by atoms with Crippen molar-refractivity contribution in [1.82, 2.24) is 29.5 Å². The van der Waals surface area contributed by atoms with Crippen molar-refractivity contribution in [1.29, 1.82) is 0 Å². The van der Waals surface area contributed by atoms with Gasteiger partial charge in [0.25, 0.3) is 5.91 Å². The van der Waals surface area contributed by atoms with Crippen molar-refractivity contribution < 1.29 is 9.53 Å². The van der Waals surface area contributed by atoms with Crippen molar-refractivity contribution in [3.8, 4) is 0 Å². The van der Waals surface area contributed by atoms with Gasteiger partial charge in [-0.1, -0.05) is 20.8 Å². The first-order valence-corrected chi connectivity index (χ1v) is 12.1. The molecular weight excluding hydrogens is 412 g/mol. The normalized spacial score (nSPS) is 18.0. The Morgan fingerprint density at radius 3 is 2.52 bits per heavy atom. The summed E-state index contributed by atoms with van der Waals surface area (Å²) in [5, 5.41) is 7.71.